The van der Waals surface area contributed by atoms with E-state index < -0.39 is 29.7 Å². The highest BCUT2D eigenvalue weighted by atomic mass is 16.4. The molecule has 1 aromatic rings. The molecule has 0 saturated heterocycles. The van der Waals surface area contributed by atoms with Gasteiger partial charge in [-0.25, -0.2) is 0 Å². The Hall–Kier alpha value is -2.57. The maximum Gasteiger partial charge on any atom is 0.322 e. The second-order valence-electron chi connectivity index (χ2n) is 7.13. The number of aliphatic hydroxyl groups is 1. The van der Waals surface area contributed by atoms with Crippen molar-refractivity contribution < 1.29 is 24.6 Å². The van der Waals surface area contributed by atoms with Crippen LogP contribution in [0.25, 0.3) is 0 Å². The van der Waals surface area contributed by atoms with Crippen molar-refractivity contribution in [2.24, 2.45) is 0 Å². The lowest BCUT2D eigenvalue weighted by atomic mass is 9.84. The zero-order chi connectivity index (χ0) is 17.8. The summed E-state index contributed by atoms with van der Waals surface area (Å²) in [6.07, 6.45) is 7.02. The average molecular weight is 344 g/mol. The Morgan fingerprint density at radius 1 is 1.28 bits per heavy atom. The standard InChI is InChI=1S/C18H20N2O5/c21-12(22)9-19-17(25)13-15(23)14-11(10-3-4-10)5-8-20(14)18(16(13)24)6-1-2-7-18/h5,8,10,24H,1-4,6-7,9H2,(H,19,25)(H,21,22). The number of carbonyl (C=O) groups is 3. The van der Waals surface area contributed by atoms with Gasteiger partial charge in [0.1, 0.15) is 23.4 Å². The monoisotopic (exact) mass is 344 g/mol. The number of allylic oxidation sites excluding steroid dienone is 1. The fraction of sp³-hybridized carbons (Fsp3) is 0.500. The number of carboxylic acid groups (broad SMARTS) is 1. The van der Waals surface area contributed by atoms with Crippen LogP contribution in [0.3, 0.4) is 0 Å². The normalized spacial score (nSPS) is 21.5. The van der Waals surface area contributed by atoms with Crippen molar-refractivity contribution in [3.8, 4) is 0 Å². The van der Waals surface area contributed by atoms with E-state index >= 15 is 0 Å². The lowest BCUT2D eigenvalue weighted by molar-refractivity contribution is -0.137. The summed E-state index contributed by atoms with van der Waals surface area (Å²) in [6, 6.07) is 1.93. The first-order valence-corrected chi connectivity index (χ1v) is 8.66. The number of carbonyl (C=O) groups excluding carboxylic acids is 2. The van der Waals surface area contributed by atoms with Gasteiger partial charge < -0.3 is 20.1 Å². The number of amides is 1. The summed E-state index contributed by atoms with van der Waals surface area (Å²) in [5.41, 5.74) is 0.373. The van der Waals surface area contributed by atoms with Gasteiger partial charge in [0.25, 0.3) is 5.91 Å². The Balaban J connectivity index is 1.82. The maximum atomic E-state index is 13.0. The van der Waals surface area contributed by atoms with E-state index in [1.807, 2.05) is 16.8 Å². The quantitative estimate of drug-likeness (QED) is 0.722. The molecule has 25 heavy (non-hydrogen) atoms. The second kappa shape index (κ2) is 5.47. The number of aliphatic carboxylic acids is 1. The number of nitrogens with zero attached hydrogens (tertiary/aromatic N) is 1. The number of aliphatic hydroxyl groups excluding tert-OH is 1. The van der Waals surface area contributed by atoms with E-state index in [-0.39, 0.29) is 11.3 Å². The number of aromatic nitrogens is 1. The van der Waals surface area contributed by atoms with Crippen LogP contribution in [-0.2, 0) is 15.1 Å². The van der Waals surface area contributed by atoms with Crippen molar-refractivity contribution in [3.63, 3.8) is 0 Å². The Bertz CT molecular complexity index is 809. The van der Waals surface area contributed by atoms with Gasteiger partial charge in [-0.3, -0.25) is 14.4 Å². The van der Waals surface area contributed by atoms with Crippen LogP contribution in [0.1, 0.15) is 60.5 Å². The first-order valence-electron chi connectivity index (χ1n) is 8.66. The van der Waals surface area contributed by atoms with E-state index in [0.29, 0.717) is 24.5 Å². The first-order chi connectivity index (χ1) is 12.0. The van der Waals surface area contributed by atoms with Gasteiger partial charge in [0, 0.05) is 6.20 Å². The second-order valence-corrected chi connectivity index (χ2v) is 7.13. The maximum absolute atomic E-state index is 13.0. The minimum Gasteiger partial charge on any atom is -0.509 e. The summed E-state index contributed by atoms with van der Waals surface area (Å²) in [4.78, 5) is 36.2. The van der Waals surface area contributed by atoms with Crippen LogP contribution in [0.2, 0.25) is 0 Å². The van der Waals surface area contributed by atoms with Crippen LogP contribution < -0.4 is 5.32 Å². The van der Waals surface area contributed by atoms with E-state index in [9.17, 15) is 19.5 Å². The molecule has 0 radical (unpaired) electrons. The van der Waals surface area contributed by atoms with Crippen molar-refractivity contribution in [2.45, 2.75) is 50.0 Å². The molecule has 0 atom stereocenters. The molecule has 2 saturated carbocycles. The van der Waals surface area contributed by atoms with Crippen LogP contribution in [-0.4, -0.2) is 39.0 Å². The summed E-state index contributed by atoms with van der Waals surface area (Å²) in [5.74, 6) is -2.41. The van der Waals surface area contributed by atoms with E-state index in [1.165, 1.54) is 0 Å². The fourth-order valence-corrected chi connectivity index (χ4v) is 4.23. The molecule has 4 rings (SSSR count). The molecule has 3 aliphatic rings. The van der Waals surface area contributed by atoms with Crippen molar-refractivity contribution in [1.82, 2.24) is 9.88 Å². The van der Waals surface area contributed by atoms with Crippen LogP contribution in [0, 0.1) is 0 Å². The third-order valence-corrected chi connectivity index (χ3v) is 5.57. The molecule has 1 amide bonds. The van der Waals surface area contributed by atoms with Crippen molar-refractivity contribution in [3.05, 3.63) is 34.9 Å². The van der Waals surface area contributed by atoms with Gasteiger partial charge in [-0.15, -0.1) is 0 Å². The molecule has 7 heteroatoms. The van der Waals surface area contributed by atoms with Gasteiger partial charge in [-0.2, -0.15) is 0 Å². The summed E-state index contributed by atoms with van der Waals surface area (Å²) in [7, 11) is 0. The van der Waals surface area contributed by atoms with Crippen molar-refractivity contribution in [2.75, 3.05) is 6.54 Å². The number of Topliss-reactive ketones (excluding diaryl/α,β-unsaturated/α-hetero) is 1. The number of carboxylic acids is 1. The van der Waals surface area contributed by atoms with Gasteiger partial charge in [0.15, 0.2) is 0 Å². The molecule has 0 bridgehead atoms. The third-order valence-electron chi connectivity index (χ3n) is 5.57. The highest BCUT2D eigenvalue weighted by molar-refractivity contribution is 6.27. The molecule has 2 aliphatic carbocycles. The molecule has 1 aliphatic heterocycles. The fourth-order valence-electron chi connectivity index (χ4n) is 4.23. The summed E-state index contributed by atoms with van der Waals surface area (Å²) >= 11 is 0. The number of nitrogens with one attached hydrogen (secondary N) is 1. The smallest absolute Gasteiger partial charge is 0.322 e. The Labute approximate surface area is 144 Å². The summed E-state index contributed by atoms with van der Waals surface area (Å²) < 4.78 is 1.86. The van der Waals surface area contributed by atoms with Gasteiger partial charge in [0.05, 0.1) is 5.69 Å². The van der Waals surface area contributed by atoms with Gasteiger partial charge in [-0.1, -0.05) is 12.8 Å². The van der Waals surface area contributed by atoms with Crippen LogP contribution in [0.4, 0.5) is 0 Å². The van der Waals surface area contributed by atoms with Crippen molar-refractivity contribution in [1.29, 1.82) is 0 Å². The summed E-state index contributed by atoms with van der Waals surface area (Å²) in [6.45, 7) is -0.591. The minimum absolute atomic E-state index is 0.219. The van der Waals surface area contributed by atoms with E-state index in [0.717, 1.165) is 31.2 Å². The number of hydrogen-bond donors (Lipinski definition) is 3. The highest BCUT2D eigenvalue weighted by Crippen LogP contribution is 2.50. The molecular weight excluding hydrogens is 324 g/mol. The predicted octanol–water partition coefficient (Wildman–Crippen LogP) is 1.84. The number of fused-ring (bicyclic) bond motifs is 2. The van der Waals surface area contributed by atoms with E-state index in [4.69, 9.17) is 5.11 Å². The van der Waals surface area contributed by atoms with E-state index in [2.05, 4.69) is 5.32 Å². The predicted molar refractivity (Wildman–Crippen MR) is 87.5 cm³/mol. The largest absolute Gasteiger partial charge is 0.509 e. The lowest BCUT2D eigenvalue weighted by Gasteiger charge is -2.37. The van der Waals surface area contributed by atoms with Gasteiger partial charge in [-0.05, 0) is 43.2 Å². The molecule has 1 spiro atoms. The number of ketones is 1. The van der Waals surface area contributed by atoms with E-state index in [1.54, 1.807) is 0 Å². The van der Waals surface area contributed by atoms with Crippen LogP contribution in [0.15, 0.2) is 23.6 Å². The number of hydrogen-bond acceptors (Lipinski definition) is 4. The van der Waals surface area contributed by atoms with Gasteiger partial charge in [0.2, 0.25) is 5.78 Å². The molecule has 1 aromatic heterocycles. The van der Waals surface area contributed by atoms with Crippen molar-refractivity contribution >= 4 is 17.7 Å². The molecule has 2 fully saturated rings. The zero-order valence-corrected chi connectivity index (χ0v) is 13.7. The Morgan fingerprint density at radius 3 is 2.56 bits per heavy atom. The molecule has 3 N–H and O–H groups in total. The molecule has 0 aromatic carbocycles. The molecule has 132 valence electrons. The third kappa shape index (κ3) is 2.29. The molecule has 2 heterocycles. The molecular formula is C18H20N2O5. The average Bonchev–Trinajstić information content (AvgIpc) is 3.12. The highest BCUT2D eigenvalue weighted by Gasteiger charge is 2.50. The lowest BCUT2D eigenvalue weighted by Crippen LogP contribution is -2.44. The number of rotatable bonds is 4. The molecule has 7 nitrogen and oxygen atoms in total. The molecule has 0 unspecified atom stereocenters. The first kappa shape index (κ1) is 15.9. The minimum atomic E-state index is -1.20. The summed E-state index contributed by atoms with van der Waals surface area (Å²) in [5, 5.41) is 21.9. The SMILES string of the molecule is O=C(O)CNC(=O)C1=C(O)C2(CCCC2)n2ccc(C3CC3)c2C1=O. The van der Waals surface area contributed by atoms with Gasteiger partial charge >= 0.3 is 5.97 Å². The van der Waals surface area contributed by atoms with Crippen LogP contribution >= 0.6 is 0 Å². The Kier molecular flexibility index (Phi) is 3.49. The van der Waals surface area contributed by atoms with Crippen LogP contribution in [0.5, 0.6) is 0 Å². The zero-order valence-electron chi connectivity index (χ0n) is 13.7. The topological polar surface area (TPSA) is 109 Å². The Morgan fingerprint density at radius 2 is 1.96 bits per heavy atom.